The first-order chi connectivity index (χ1) is 6.47. The van der Waals surface area contributed by atoms with Crippen molar-refractivity contribution in [1.29, 1.82) is 0 Å². The van der Waals surface area contributed by atoms with E-state index in [1.165, 1.54) is 0 Å². The molecule has 0 aromatic heterocycles. The van der Waals surface area contributed by atoms with E-state index in [9.17, 15) is 9.90 Å². The molecular weight excluding hydrogens is 180 g/mol. The number of likely N-dealkylation sites (N-methyl/N-ethyl adjacent to an activating group) is 1. The SMILES string of the molecule is CCNC(=O)CN(CC(C)O)C(C)C. The van der Waals surface area contributed by atoms with Gasteiger partial charge in [0.1, 0.15) is 0 Å². The van der Waals surface area contributed by atoms with Crippen LogP contribution in [0, 0.1) is 0 Å². The van der Waals surface area contributed by atoms with E-state index in [4.69, 9.17) is 0 Å². The lowest BCUT2D eigenvalue weighted by molar-refractivity contribution is -0.122. The van der Waals surface area contributed by atoms with E-state index in [0.717, 1.165) is 0 Å². The number of nitrogens with zero attached hydrogens (tertiary/aromatic N) is 1. The molecule has 0 saturated carbocycles. The maximum atomic E-state index is 11.3. The maximum absolute atomic E-state index is 11.3. The second-order valence-electron chi connectivity index (χ2n) is 3.83. The summed E-state index contributed by atoms with van der Waals surface area (Å²) >= 11 is 0. The van der Waals surface area contributed by atoms with Crippen LogP contribution in [0.15, 0.2) is 0 Å². The summed E-state index contributed by atoms with van der Waals surface area (Å²) in [6.07, 6.45) is -0.396. The van der Waals surface area contributed by atoms with E-state index in [0.29, 0.717) is 19.6 Å². The van der Waals surface area contributed by atoms with Crippen LogP contribution in [-0.4, -0.2) is 47.7 Å². The lowest BCUT2D eigenvalue weighted by Crippen LogP contribution is -2.43. The Balaban J connectivity index is 4.02. The molecular formula is C10H22N2O2. The summed E-state index contributed by atoms with van der Waals surface area (Å²) in [5.41, 5.74) is 0. The zero-order valence-corrected chi connectivity index (χ0v) is 9.58. The molecule has 14 heavy (non-hydrogen) atoms. The minimum Gasteiger partial charge on any atom is -0.392 e. The van der Waals surface area contributed by atoms with E-state index in [-0.39, 0.29) is 11.9 Å². The van der Waals surface area contributed by atoms with Crippen molar-refractivity contribution in [2.75, 3.05) is 19.6 Å². The Labute approximate surface area is 86.3 Å². The highest BCUT2D eigenvalue weighted by Crippen LogP contribution is 1.99. The zero-order chi connectivity index (χ0) is 11.1. The number of aliphatic hydroxyl groups is 1. The van der Waals surface area contributed by atoms with Gasteiger partial charge in [-0.3, -0.25) is 9.69 Å². The lowest BCUT2D eigenvalue weighted by atomic mass is 10.2. The van der Waals surface area contributed by atoms with Crippen molar-refractivity contribution in [2.45, 2.75) is 39.8 Å². The molecule has 0 aromatic rings. The van der Waals surface area contributed by atoms with Crippen LogP contribution in [0.2, 0.25) is 0 Å². The second kappa shape index (κ2) is 6.79. The third-order valence-electron chi connectivity index (χ3n) is 1.95. The highest BCUT2D eigenvalue weighted by atomic mass is 16.3. The fraction of sp³-hybridized carbons (Fsp3) is 0.900. The minimum atomic E-state index is -0.396. The Hall–Kier alpha value is -0.610. The number of amides is 1. The third-order valence-corrected chi connectivity index (χ3v) is 1.95. The van der Waals surface area contributed by atoms with Crippen LogP contribution in [0.4, 0.5) is 0 Å². The van der Waals surface area contributed by atoms with Gasteiger partial charge >= 0.3 is 0 Å². The fourth-order valence-electron chi connectivity index (χ4n) is 1.23. The Kier molecular flexibility index (Phi) is 6.49. The molecule has 2 N–H and O–H groups in total. The number of carbonyl (C=O) groups excluding carboxylic acids is 1. The highest BCUT2D eigenvalue weighted by Gasteiger charge is 2.14. The van der Waals surface area contributed by atoms with Crippen molar-refractivity contribution >= 4 is 5.91 Å². The normalized spacial score (nSPS) is 13.4. The topological polar surface area (TPSA) is 52.6 Å². The highest BCUT2D eigenvalue weighted by molar-refractivity contribution is 5.77. The molecule has 0 bridgehead atoms. The second-order valence-corrected chi connectivity index (χ2v) is 3.83. The molecule has 0 rings (SSSR count). The molecule has 1 amide bonds. The Morgan fingerprint density at radius 1 is 1.43 bits per heavy atom. The van der Waals surface area contributed by atoms with Gasteiger partial charge in [0.25, 0.3) is 0 Å². The smallest absolute Gasteiger partial charge is 0.234 e. The van der Waals surface area contributed by atoms with Crippen LogP contribution >= 0.6 is 0 Å². The van der Waals surface area contributed by atoms with Crippen LogP contribution in [0.25, 0.3) is 0 Å². The van der Waals surface area contributed by atoms with Gasteiger partial charge in [-0.2, -0.15) is 0 Å². The molecule has 1 atom stereocenters. The van der Waals surface area contributed by atoms with Crippen molar-refractivity contribution in [3.63, 3.8) is 0 Å². The lowest BCUT2D eigenvalue weighted by Gasteiger charge is -2.26. The van der Waals surface area contributed by atoms with Crippen molar-refractivity contribution in [3.05, 3.63) is 0 Å². The molecule has 0 aliphatic carbocycles. The predicted octanol–water partition coefficient (Wildman–Crippen LogP) is 0.214. The number of nitrogens with one attached hydrogen (secondary N) is 1. The van der Waals surface area contributed by atoms with Crippen LogP contribution < -0.4 is 5.32 Å². The average molecular weight is 202 g/mol. The summed E-state index contributed by atoms with van der Waals surface area (Å²) in [6.45, 7) is 9.20. The summed E-state index contributed by atoms with van der Waals surface area (Å²) in [5, 5.41) is 12.0. The number of hydrogen-bond donors (Lipinski definition) is 2. The molecule has 1 unspecified atom stereocenters. The molecule has 4 nitrogen and oxygen atoms in total. The van der Waals surface area contributed by atoms with Crippen molar-refractivity contribution in [3.8, 4) is 0 Å². The molecule has 0 aromatic carbocycles. The minimum absolute atomic E-state index is 0.0156. The van der Waals surface area contributed by atoms with Gasteiger partial charge < -0.3 is 10.4 Å². The quantitative estimate of drug-likeness (QED) is 0.647. The summed E-state index contributed by atoms with van der Waals surface area (Å²) in [5.74, 6) is 0.0156. The first-order valence-electron chi connectivity index (χ1n) is 5.16. The van der Waals surface area contributed by atoms with Gasteiger partial charge in [-0.1, -0.05) is 0 Å². The van der Waals surface area contributed by atoms with Gasteiger partial charge in [-0.25, -0.2) is 0 Å². The first-order valence-corrected chi connectivity index (χ1v) is 5.16. The number of aliphatic hydroxyl groups excluding tert-OH is 1. The molecule has 0 saturated heterocycles. The fourth-order valence-corrected chi connectivity index (χ4v) is 1.23. The van der Waals surface area contributed by atoms with Gasteiger partial charge in [-0.05, 0) is 27.7 Å². The monoisotopic (exact) mass is 202 g/mol. The predicted molar refractivity (Wildman–Crippen MR) is 57.1 cm³/mol. The maximum Gasteiger partial charge on any atom is 0.234 e. The largest absolute Gasteiger partial charge is 0.392 e. The summed E-state index contributed by atoms with van der Waals surface area (Å²) in [4.78, 5) is 13.3. The summed E-state index contributed by atoms with van der Waals surface area (Å²) in [7, 11) is 0. The van der Waals surface area contributed by atoms with E-state index < -0.39 is 6.10 Å². The van der Waals surface area contributed by atoms with Crippen LogP contribution in [0.1, 0.15) is 27.7 Å². The zero-order valence-electron chi connectivity index (χ0n) is 9.58. The Morgan fingerprint density at radius 3 is 2.36 bits per heavy atom. The first kappa shape index (κ1) is 13.4. The molecule has 4 heteroatoms. The van der Waals surface area contributed by atoms with Gasteiger partial charge in [0.2, 0.25) is 5.91 Å². The van der Waals surface area contributed by atoms with Crippen LogP contribution in [0.3, 0.4) is 0 Å². The number of hydrogen-bond acceptors (Lipinski definition) is 3. The van der Waals surface area contributed by atoms with Crippen molar-refractivity contribution in [2.24, 2.45) is 0 Å². The van der Waals surface area contributed by atoms with Crippen molar-refractivity contribution < 1.29 is 9.90 Å². The molecule has 0 spiro atoms. The Bertz CT molecular complexity index is 170. The van der Waals surface area contributed by atoms with Gasteiger partial charge in [0, 0.05) is 19.1 Å². The van der Waals surface area contributed by atoms with Gasteiger partial charge in [-0.15, -0.1) is 0 Å². The van der Waals surface area contributed by atoms with E-state index in [2.05, 4.69) is 5.32 Å². The molecule has 0 heterocycles. The number of carbonyl (C=O) groups is 1. The molecule has 84 valence electrons. The van der Waals surface area contributed by atoms with Crippen LogP contribution in [0.5, 0.6) is 0 Å². The van der Waals surface area contributed by atoms with Gasteiger partial charge in [0.15, 0.2) is 0 Å². The summed E-state index contributed by atoms with van der Waals surface area (Å²) < 4.78 is 0. The standard InChI is InChI=1S/C10H22N2O2/c1-5-11-10(14)7-12(8(2)3)6-9(4)13/h8-9,13H,5-7H2,1-4H3,(H,11,14). The molecule has 0 fully saturated rings. The molecule has 0 aliphatic heterocycles. The molecule has 0 aliphatic rings. The van der Waals surface area contributed by atoms with E-state index >= 15 is 0 Å². The number of rotatable bonds is 6. The van der Waals surface area contributed by atoms with E-state index in [1.807, 2.05) is 25.7 Å². The summed E-state index contributed by atoms with van der Waals surface area (Å²) in [6, 6.07) is 0.271. The average Bonchev–Trinajstić information content (AvgIpc) is 2.02. The van der Waals surface area contributed by atoms with E-state index in [1.54, 1.807) is 6.92 Å². The third kappa shape index (κ3) is 5.94. The van der Waals surface area contributed by atoms with Crippen molar-refractivity contribution in [1.82, 2.24) is 10.2 Å². The van der Waals surface area contributed by atoms with Gasteiger partial charge in [0.05, 0.1) is 12.6 Å². The Morgan fingerprint density at radius 2 is 2.00 bits per heavy atom. The molecule has 0 radical (unpaired) electrons. The van der Waals surface area contributed by atoms with Crippen LogP contribution in [-0.2, 0) is 4.79 Å².